The Labute approximate surface area is 83.6 Å². The van der Waals surface area contributed by atoms with Crippen LogP contribution in [0.3, 0.4) is 0 Å². The molecule has 0 aliphatic carbocycles. The molecule has 0 fully saturated rings. The second kappa shape index (κ2) is 3.66. The van der Waals surface area contributed by atoms with Crippen LogP contribution >= 0.6 is 0 Å². The van der Waals surface area contributed by atoms with Crippen molar-refractivity contribution in [3.63, 3.8) is 0 Å². The molecule has 72 valence electrons. The number of hydrogen-bond acceptors (Lipinski definition) is 2. The van der Waals surface area contributed by atoms with Gasteiger partial charge in [-0.25, -0.2) is 4.98 Å². The van der Waals surface area contributed by atoms with Crippen molar-refractivity contribution >= 4 is 0 Å². The summed E-state index contributed by atoms with van der Waals surface area (Å²) in [4.78, 5) is 4.24. The zero-order valence-corrected chi connectivity index (χ0v) is 8.40. The number of rotatable bonds is 2. The molecular formula is C12H13NO. The van der Waals surface area contributed by atoms with Crippen molar-refractivity contribution < 1.29 is 4.42 Å². The molecule has 0 saturated carbocycles. The van der Waals surface area contributed by atoms with E-state index in [9.17, 15) is 0 Å². The van der Waals surface area contributed by atoms with Gasteiger partial charge in [0.05, 0.1) is 0 Å². The summed E-state index contributed by atoms with van der Waals surface area (Å²) in [6.45, 7) is 4.21. The molecule has 1 aromatic carbocycles. The molecule has 1 heterocycles. The molecule has 1 aromatic heterocycles. The zero-order valence-electron chi connectivity index (χ0n) is 8.40. The molecule has 2 aromatic rings. The number of oxazole rings is 1. The van der Waals surface area contributed by atoms with Gasteiger partial charge in [-0.05, 0) is 0 Å². The fourth-order valence-corrected chi connectivity index (χ4v) is 1.48. The van der Waals surface area contributed by atoms with Gasteiger partial charge in [-0.3, -0.25) is 0 Å². The first kappa shape index (κ1) is 9.00. The first-order valence-corrected chi connectivity index (χ1v) is 4.78. The average molecular weight is 187 g/mol. The molecule has 0 aliphatic rings. The van der Waals surface area contributed by atoms with Gasteiger partial charge >= 0.3 is 0 Å². The Balaban J connectivity index is 2.47. The van der Waals surface area contributed by atoms with E-state index in [1.807, 2.05) is 30.3 Å². The second-order valence-electron chi connectivity index (χ2n) is 3.59. The van der Waals surface area contributed by atoms with E-state index in [1.165, 1.54) is 6.39 Å². The number of nitrogens with zero attached hydrogens (tertiary/aromatic N) is 1. The lowest BCUT2D eigenvalue weighted by molar-refractivity contribution is 0.483. The van der Waals surface area contributed by atoms with Crippen LogP contribution in [0.25, 0.3) is 11.3 Å². The summed E-state index contributed by atoms with van der Waals surface area (Å²) < 4.78 is 5.37. The average Bonchev–Trinajstić information content (AvgIpc) is 2.67. The molecule has 0 radical (unpaired) electrons. The lowest BCUT2D eigenvalue weighted by Gasteiger charge is -2.03. The molecule has 0 saturated heterocycles. The fraction of sp³-hybridized carbons (Fsp3) is 0.250. The molecule has 14 heavy (non-hydrogen) atoms. The van der Waals surface area contributed by atoms with E-state index in [-0.39, 0.29) is 0 Å². The van der Waals surface area contributed by atoms with Gasteiger partial charge in [0, 0.05) is 11.5 Å². The van der Waals surface area contributed by atoms with Crippen molar-refractivity contribution in [2.45, 2.75) is 19.8 Å². The van der Waals surface area contributed by atoms with Gasteiger partial charge in [-0.15, -0.1) is 0 Å². The summed E-state index contributed by atoms with van der Waals surface area (Å²) >= 11 is 0. The van der Waals surface area contributed by atoms with Crippen molar-refractivity contribution in [2.24, 2.45) is 0 Å². The normalized spacial score (nSPS) is 10.8. The van der Waals surface area contributed by atoms with Crippen molar-refractivity contribution in [3.8, 4) is 11.3 Å². The van der Waals surface area contributed by atoms with E-state index >= 15 is 0 Å². The summed E-state index contributed by atoms with van der Waals surface area (Å²) in [7, 11) is 0. The third kappa shape index (κ3) is 1.55. The highest BCUT2D eigenvalue weighted by Gasteiger charge is 2.12. The van der Waals surface area contributed by atoms with E-state index in [2.05, 4.69) is 18.8 Å². The van der Waals surface area contributed by atoms with Gasteiger partial charge in [0.25, 0.3) is 0 Å². The Kier molecular flexibility index (Phi) is 2.35. The molecule has 0 N–H and O–H groups in total. The van der Waals surface area contributed by atoms with Crippen LogP contribution in [-0.4, -0.2) is 4.98 Å². The van der Waals surface area contributed by atoms with Crippen molar-refractivity contribution in [1.29, 1.82) is 0 Å². The molecule has 0 unspecified atom stereocenters. The van der Waals surface area contributed by atoms with Crippen molar-refractivity contribution in [3.05, 3.63) is 42.5 Å². The van der Waals surface area contributed by atoms with Crippen molar-refractivity contribution in [1.82, 2.24) is 4.98 Å². The SMILES string of the molecule is CC(C)c1ocnc1-c1ccccc1. The van der Waals surface area contributed by atoms with Gasteiger partial charge in [-0.1, -0.05) is 44.2 Å². The highest BCUT2D eigenvalue weighted by Crippen LogP contribution is 2.27. The van der Waals surface area contributed by atoms with Gasteiger partial charge in [0.1, 0.15) is 11.5 Å². The Morgan fingerprint density at radius 2 is 1.86 bits per heavy atom. The Morgan fingerprint density at radius 3 is 2.50 bits per heavy atom. The minimum absolute atomic E-state index is 0.368. The predicted molar refractivity (Wildman–Crippen MR) is 56.0 cm³/mol. The summed E-state index contributed by atoms with van der Waals surface area (Å²) in [5.74, 6) is 1.32. The van der Waals surface area contributed by atoms with Crippen LogP contribution in [0.1, 0.15) is 25.5 Å². The standard InChI is InChI=1S/C12H13NO/c1-9(2)12-11(13-8-14-12)10-6-4-3-5-7-10/h3-9H,1-2H3. The van der Waals surface area contributed by atoms with E-state index in [0.717, 1.165) is 17.0 Å². The molecule has 0 atom stereocenters. The van der Waals surface area contributed by atoms with Gasteiger partial charge in [0.15, 0.2) is 6.39 Å². The first-order chi connectivity index (χ1) is 6.79. The van der Waals surface area contributed by atoms with Crippen LogP contribution in [0.2, 0.25) is 0 Å². The van der Waals surface area contributed by atoms with Crippen LogP contribution in [0.5, 0.6) is 0 Å². The van der Waals surface area contributed by atoms with E-state index < -0.39 is 0 Å². The summed E-state index contributed by atoms with van der Waals surface area (Å²) in [5, 5.41) is 0. The van der Waals surface area contributed by atoms with Crippen molar-refractivity contribution in [2.75, 3.05) is 0 Å². The molecule has 0 bridgehead atoms. The highest BCUT2D eigenvalue weighted by atomic mass is 16.3. The second-order valence-corrected chi connectivity index (χ2v) is 3.59. The zero-order chi connectivity index (χ0) is 9.97. The fourth-order valence-electron chi connectivity index (χ4n) is 1.48. The number of aromatic nitrogens is 1. The van der Waals surface area contributed by atoms with Crippen LogP contribution < -0.4 is 0 Å². The topological polar surface area (TPSA) is 26.0 Å². The van der Waals surface area contributed by atoms with E-state index in [0.29, 0.717) is 5.92 Å². The van der Waals surface area contributed by atoms with Gasteiger partial charge in [0.2, 0.25) is 0 Å². The molecule has 2 nitrogen and oxygen atoms in total. The largest absolute Gasteiger partial charge is 0.448 e. The summed E-state index contributed by atoms with van der Waals surface area (Å²) in [5.41, 5.74) is 2.07. The van der Waals surface area contributed by atoms with Crippen LogP contribution in [0, 0.1) is 0 Å². The summed E-state index contributed by atoms with van der Waals surface area (Å²) in [6.07, 6.45) is 1.51. The number of benzene rings is 1. The van der Waals surface area contributed by atoms with Crippen LogP contribution in [0.4, 0.5) is 0 Å². The van der Waals surface area contributed by atoms with E-state index in [4.69, 9.17) is 4.42 Å². The lowest BCUT2D eigenvalue weighted by atomic mass is 10.0. The molecule has 0 spiro atoms. The molecule has 0 aliphatic heterocycles. The molecular weight excluding hydrogens is 174 g/mol. The lowest BCUT2D eigenvalue weighted by Crippen LogP contribution is -1.88. The smallest absolute Gasteiger partial charge is 0.181 e. The third-order valence-corrected chi connectivity index (χ3v) is 2.17. The third-order valence-electron chi connectivity index (χ3n) is 2.17. The number of hydrogen-bond donors (Lipinski definition) is 0. The first-order valence-electron chi connectivity index (χ1n) is 4.78. The Bertz CT molecular complexity index is 403. The van der Waals surface area contributed by atoms with Gasteiger partial charge in [-0.2, -0.15) is 0 Å². The minimum atomic E-state index is 0.368. The highest BCUT2D eigenvalue weighted by molar-refractivity contribution is 5.61. The molecule has 2 heteroatoms. The molecule has 0 amide bonds. The summed E-state index contributed by atoms with van der Waals surface area (Å²) in [6, 6.07) is 10.1. The van der Waals surface area contributed by atoms with Crippen LogP contribution in [-0.2, 0) is 0 Å². The quantitative estimate of drug-likeness (QED) is 0.719. The maximum Gasteiger partial charge on any atom is 0.181 e. The monoisotopic (exact) mass is 187 g/mol. The molecule has 2 rings (SSSR count). The minimum Gasteiger partial charge on any atom is -0.448 e. The predicted octanol–water partition coefficient (Wildman–Crippen LogP) is 3.47. The van der Waals surface area contributed by atoms with E-state index in [1.54, 1.807) is 0 Å². The van der Waals surface area contributed by atoms with Gasteiger partial charge < -0.3 is 4.42 Å². The van der Waals surface area contributed by atoms with Crippen LogP contribution in [0.15, 0.2) is 41.1 Å². The maximum absolute atomic E-state index is 5.37. The Hall–Kier alpha value is -1.57. The Morgan fingerprint density at radius 1 is 1.14 bits per heavy atom. The maximum atomic E-state index is 5.37.